The van der Waals surface area contributed by atoms with E-state index in [9.17, 15) is 18.4 Å². The number of carbonyl (C=O) groups is 2. The summed E-state index contributed by atoms with van der Waals surface area (Å²) in [6.45, 7) is 4.12. The highest BCUT2D eigenvalue weighted by Crippen LogP contribution is 2.27. The van der Waals surface area contributed by atoms with Crippen LogP contribution in [0.15, 0.2) is 24.3 Å². The number of nitrogens with one attached hydrogen (secondary N) is 2. The van der Waals surface area contributed by atoms with Crippen LogP contribution in [0.3, 0.4) is 0 Å². The van der Waals surface area contributed by atoms with E-state index in [2.05, 4.69) is 15.6 Å². The molecule has 1 heterocycles. The van der Waals surface area contributed by atoms with Crippen molar-refractivity contribution < 1.29 is 18.4 Å². The third-order valence-corrected chi connectivity index (χ3v) is 4.15. The van der Waals surface area contributed by atoms with E-state index in [0.29, 0.717) is 11.0 Å². The molecule has 1 aromatic carbocycles. The number of hydrogen-bond donors (Lipinski definition) is 2. The lowest BCUT2D eigenvalue weighted by Gasteiger charge is -2.22. The number of aromatic nitrogens is 2. The van der Waals surface area contributed by atoms with Crippen LogP contribution in [0.5, 0.6) is 0 Å². The van der Waals surface area contributed by atoms with Crippen molar-refractivity contribution in [2.45, 2.75) is 46.2 Å². The third-order valence-electron chi connectivity index (χ3n) is 4.15. The van der Waals surface area contributed by atoms with Gasteiger partial charge in [-0.2, -0.15) is 8.78 Å². The lowest BCUT2D eigenvalue weighted by Crippen LogP contribution is -2.49. The standard InChI is InChI=1S/C18H24F2N4O2/c1-10(2)15(22-12(4)25)17(26)21-9-11(3)16-23-13-7-5-6-8-14(13)24(16)18(19)20/h5-8,10-11,15,18H,9H2,1-4H3,(H,21,26)(H,22,25)/t11-,15-/m0/s1. The SMILES string of the molecule is CC(=O)N[C@H](C(=O)NC[C@H](C)c1nc2ccccc2n1C(F)F)C(C)C. The molecule has 0 fully saturated rings. The first-order valence-electron chi connectivity index (χ1n) is 8.52. The molecule has 2 N–H and O–H groups in total. The number of fused-ring (bicyclic) bond motifs is 1. The van der Waals surface area contributed by atoms with E-state index in [0.717, 1.165) is 4.57 Å². The molecule has 0 saturated carbocycles. The number of halogens is 2. The van der Waals surface area contributed by atoms with Crippen LogP contribution in [0.1, 0.15) is 46.0 Å². The van der Waals surface area contributed by atoms with Crippen molar-refractivity contribution in [1.29, 1.82) is 0 Å². The van der Waals surface area contributed by atoms with Crippen molar-refractivity contribution >= 4 is 22.8 Å². The Balaban J connectivity index is 2.16. The van der Waals surface area contributed by atoms with Crippen LogP contribution in [0, 0.1) is 5.92 Å². The summed E-state index contributed by atoms with van der Waals surface area (Å²) in [7, 11) is 0. The van der Waals surface area contributed by atoms with Crippen molar-refractivity contribution in [2.24, 2.45) is 5.92 Å². The van der Waals surface area contributed by atoms with E-state index in [1.165, 1.54) is 6.92 Å². The number of para-hydroxylation sites is 2. The first-order chi connectivity index (χ1) is 12.2. The summed E-state index contributed by atoms with van der Waals surface area (Å²) >= 11 is 0. The molecule has 0 spiro atoms. The van der Waals surface area contributed by atoms with Gasteiger partial charge < -0.3 is 10.6 Å². The Labute approximate surface area is 151 Å². The fourth-order valence-electron chi connectivity index (χ4n) is 2.82. The first-order valence-corrected chi connectivity index (χ1v) is 8.52. The Kier molecular flexibility index (Phi) is 6.28. The molecule has 26 heavy (non-hydrogen) atoms. The molecule has 8 heteroatoms. The summed E-state index contributed by atoms with van der Waals surface area (Å²) in [5.74, 6) is -0.958. The molecule has 2 amide bonds. The largest absolute Gasteiger partial charge is 0.354 e. The fraction of sp³-hybridized carbons (Fsp3) is 0.500. The monoisotopic (exact) mass is 366 g/mol. The minimum absolute atomic E-state index is 0.0974. The summed E-state index contributed by atoms with van der Waals surface area (Å²) in [6, 6.07) is 6.01. The number of hydrogen-bond acceptors (Lipinski definition) is 3. The van der Waals surface area contributed by atoms with Crippen LogP contribution >= 0.6 is 0 Å². The average molecular weight is 366 g/mol. The Morgan fingerprint density at radius 2 is 1.85 bits per heavy atom. The van der Waals surface area contributed by atoms with Crippen molar-refractivity contribution in [1.82, 2.24) is 20.2 Å². The van der Waals surface area contributed by atoms with Gasteiger partial charge in [0.2, 0.25) is 11.8 Å². The van der Waals surface area contributed by atoms with Crippen LogP contribution in [0.4, 0.5) is 8.78 Å². The molecule has 0 aliphatic rings. The quantitative estimate of drug-likeness (QED) is 0.791. The number of amides is 2. The van der Waals surface area contributed by atoms with Gasteiger partial charge in [0.15, 0.2) is 0 Å². The Hall–Kier alpha value is -2.51. The number of alkyl halides is 2. The van der Waals surface area contributed by atoms with Gasteiger partial charge in [-0.15, -0.1) is 0 Å². The lowest BCUT2D eigenvalue weighted by atomic mass is 10.0. The third kappa shape index (κ3) is 4.36. The van der Waals surface area contributed by atoms with E-state index in [-0.39, 0.29) is 30.1 Å². The molecule has 0 unspecified atom stereocenters. The van der Waals surface area contributed by atoms with E-state index in [1.54, 1.807) is 31.2 Å². The van der Waals surface area contributed by atoms with Gasteiger partial charge in [0.1, 0.15) is 11.9 Å². The fourth-order valence-corrected chi connectivity index (χ4v) is 2.82. The number of carbonyl (C=O) groups excluding carboxylic acids is 2. The molecule has 0 saturated heterocycles. The van der Waals surface area contributed by atoms with Crippen LogP contribution in [-0.2, 0) is 9.59 Å². The highest BCUT2D eigenvalue weighted by atomic mass is 19.3. The molecular weight excluding hydrogens is 342 g/mol. The maximum Gasteiger partial charge on any atom is 0.320 e. The summed E-state index contributed by atoms with van der Waals surface area (Å²) in [4.78, 5) is 27.9. The Morgan fingerprint density at radius 3 is 2.42 bits per heavy atom. The molecular formula is C18H24F2N4O2. The van der Waals surface area contributed by atoms with Gasteiger partial charge in [-0.3, -0.25) is 14.2 Å². The van der Waals surface area contributed by atoms with Gasteiger partial charge >= 0.3 is 6.55 Å². The molecule has 1 aromatic heterocycles. The summed E-state index contributed by atoms with van der Waals surface area (Å²) in [5.41, 5.74) is 0.841. The van der Waals surface area contributed by atoms with Crippen molar-refractivity contribution in [2.75, 3.05) is 6.54 Å². The highest BCUT2D eigenvalue weighted by Gasteiger charge is 2.25. The lowest BCUT2D eigenvalue weighted by molar-refractivity contribution is -0.129. The maximum atomic E-state index is 13.5. The van der Waals surface area contributed by atoms with Gasteiger partial charge in [-0.1, -0.05) is 32.9 Å². The van der Waals surface area contributed by atoms with Gasteiger partial charge in [-0.05, 0) is 18.1 Å². The second-order valence-corrected chi connectivity index (χ2v) is 6.67. The van der Waals surface area contributed by atoms with Gasteiger partial charge in [0, 0.05) is 19.4 Å². The van der Waals surface area contributed by atoms with E-state index in [1.807, 2.05) is 13.8 Å². The minimum Gasteiger partial charge on any atom is -0.354 e. The molecule has 0 aliphatic carbocycles. The molecule has 2 atom stereocenters. The smallest absolute Gasteiger partial charge is 0.320 e. The molecule has 2 rings (SSSR count). The Morgan fingerprint density at radius 1 is 1.19 bits per heavy atom. The number of rotatable bonds is 7. The highest BCUT2D eigenvalue weighted by molar-refractivity contribution is 5.87. The van der Waals surface area contributed by atoms with Gasteiger partial charge in [-0.25, -0.2) is 4.98 Å². The second-order valence-electron chi connectivity index (χ2n) is 6.67. The predicted molar refractivity (Wildman–Crippen MR) is 94.9 cm³/mol. The van der Waals surface area contributed by atoms with Crippen molar-refractivity contribution in [3.63, 3.8) is 0 Å². The number of benzene rings is 1. The molecule has 0 aliphatic heterocycles. The van der Waals surface area contributed by atoms with Gasteiger partial charge in [0.25, 0.3) is 0 Å². The van der Waals surface area contributed by atoms with Crippen LogP contribution < -0.4 is 10.6 Å². The van der Waals surface area contributed by atoms with E-state index in [4.69, 9.17) is 0 Å². The first kappa shape index (κ1) is 19.8. The van der Waals surface area contributed by atoms with Crippen LogP contribution in [-0.4, -0.2) is 34.0 Å². The summed E-state index contributed by atoms with van der Waals surface area (Å²) in [6.07, 6.45) is 0. The number of nitrogens with zero attached hydrogens (tertiary/aromatic N) is 2. The van der Waals surface area contributed by atoms with E-state index >= 15 is 0 Å². The zero-order valence-corrected chi connectivity index (χ0v) is 15.3. The van der Waals surface area contributed by atoms with Crippen LogP contribution in [0.25, 0.3) is 11.0 Å². The normalized spacial score (nSPS) is 13.8. The summed E-state index contributed by atoms with van der Waals surface area (Å²) < 4.78 is 27.9. The Bertz CT molecular complexity index is 789. The van der Waals surface area contributed by atoms with Crippen LogP contribution in [0.2, 0.25) is 0 Å². The van der Waals surface area contributed by atoms with Crippen molar-refractivity contribution in [3.8, 4) is 0 Å². The molecule has 0 radical (unpaired) electrons. The van der Waals surface area contributed by atoms with Crippen molar-refractivity contribution in [3.05, 3.63) is 30.1 Å². The second kappa shape index (κ2) is 8.25. The zero-order valence-electron chi connectivity index (χ0n) is 15.3. The molecule has 6 nitrogen and oxygen atoms in total. The summed E-state index contributed by atoms with van der Waals surface area (Å²) in [5, 5.41) is 5.33. The molecule has 0 bridgehead atoms. The topological polar surface area (TPSA) is 76.0 Å². The number of imidazole rings is 1. The van der Waals surface area contributed by atoms with Gasteiger partial charge in [0.05, 0.1) is 11.0 Å². The van der Waals surface area contributed by atoms with E-state index < -0.39 is 18.5 Å². The minimum atomic E-state index is -2.72. The predicted octanol–water partition coefficient (Wildman–Crippen LogP) is 2.81. The zero-order chi connectivity index (χ0) is 19.4. The maximum absolute atomic E-state index is 13.5. The molecule has 2 aromatic rings. The molecule has 142 valence electrons. The average Bonchev–Trinajstić information content (AvgIpc) is 2.96.